The Labute approximate surface area is 152 Å². The van der Waals surface area contributed by atoms with Gasteiger partial charge >= 0.3 is 14.8 Å². The van der Waals surface area contributed by atoms with Gasteiger partial charge in [0, 0.05) is 32.9 Å². The second kappa shape index (κ2) is 6.80. The van der Waals surface area contributed by atoms with Gasteiger partial charge in [-0.05, 0) is 69.1 Å². The highest BCUT2D eigenvalue weighted by molar-refractivity contribution is 6.60. The second-order valence-corrected chi connectivity index (χ2v) is 11.7. The van der Waals surface area contributed by atoms with Gasteiger partial charge in [0.25, 0.3) is 0 Å². The molecule has 4 rings (SSSR count). The average Bonchev–Trinajstić information content (AvgIpc) is 2.55. The van der Waals surface area contributed by atoms with Crippen molar-refractivity contribution in [2.75, 3.05) is 21.3 Å². The van der Waals surface area contributed by atoms with Gasteiger partial charge < -0.3 is 18.0 Å². The quantitative estimate of drug-likeness (QED) is 0.371. The summed E-state index contributed by atoms with van der Waals surface area (Å²) in [5.41, 5.74) is 0.444. The van der Waals surface area contributed by atoms with Crippen molar-refractivity contribution in [2.45, 2.75) is 63.5 Å². The molecule has 25 heavy (non-hydrogen) atoms. The van der Waals surface area contributed by atoms with Gasteiger partial charge in [-0.25, -0.2) is 4.79 Å². The van der Waals surface area contributed by atoms with Crippen molar-refractivity contribution in [3.05, 3.63) is 12.2 Å². The lowest BCUT2D eigenvalue weighted by Crippen LogP contribution is -2.58. The van der Waals surface area contributed by atoms with Gasteiger partial charge in [-0.1, -0.05) is 6.58 Å². The maximum atomic E-state index is 12.2. The number of ether oxygens (including phenoxy) is 1. The normalized spacial score (nSPS) is 36.5. The van der Waals surface area contributed by atoms with Gasteiger partial charge in [-0.15, -0.1) is 0 Å². The van der Waals surface area contributed by atoms with E-state index in [2.05, 4.69) is 6.58 Å². The van der Waals surface area contributed by atoms with Crippen LogP contribution in [0, 0.1) is 17.3 Å². The molecule has 6 heteroatoms. The molecule has 4 aliphatic rings. The molecule has 5 nitrogen and oxygen atoms in total. The molecule has 0 aromatic rings. The minimum absolute atomic E-state index is 0.229. The predicted molar refractivity (Wildman–Crippen MR) is 97.0 cm³/mol. The first-order valence-electron chi connectivity index (χ1n) is 9.33. The van der Waals surface area contributed by atoms with Crippen LogP contribution in [-0.2, 0) is 22.8 Å². The number of carbonyl (C=O) groups is 1. The SMILES string of the molecule is C=C(C)C(=O)OC12CC3CC(CC(CC[Si](OC)(OC)OC)(C3)C1)C2. The highest BCUT2D eigenvalue weighted by Gasteiger charge is 2.60. The van der Waals surface area contributed by atoms with E-state index in [0.717, 1.165) is 31.7 Å². The Kier molecular flexibility index (Phi) is 5.19. The summed E-state index contributed by atoms with van der Waals surface area (Å²) >= 11 is 0. The van der Waals surface area contributed by atoms with Crippen molar-refractivity contribution in [3.63, 3.8) is 0 Å². The van der Waals surface area contributed by atoms with Crippen molar-refractivity contribution in [3.8, 4) is 0 Å². The van der Waals surface area contributed by atoms with Crippen LogP contribution >= 0.6 is 0 Å². The monoisotopic (exact) mass is 368 g/mol. The lowest BCUT2D eigenvalue weighted by molar-refractivity contribution is -0.198. The van der Waals surface area contributed by atoms with E-state index in [1.54, 1.807) is 28.3 Å². The third-order valence-electron chi connectivity index (χ3n) is 6.68. The molecule has 2 unspecified atom stereocenters. The first kappa shape index (κ1) is 19.1. The maximum absolute atomic E-state index is 12.2. The van der Waals surface area contributed by atoms with Gasteiger partial charge in [0.1, 0.15) is 5.60 Å². The molecule has 0 aromatic heterocycles. The maximum Gasteiger partial charge on any atom is 0.500 e. The Morgan fingerprint density at radius 3 is 2.12 bits per heavy atom. The highest BCUT2D eigenvalue weighted by atomic mass is 28.4. The molecule has 4 bridgehead atoms. The van der Waals surface area contributed by atoms with Crippen molar-refractivity contribution in [1.29, 1.82) is 0 Å². The van der Waals surface area contributed by atoms with E-state index in [-0.39, 0.29) is 17.0 Å². The molecule has 2 atom stereocenters. The summed E-state index contributed by atoms with van der Waals surface area (Å²) in [6.07, 6.45) is 7.78. The first-order valence-corrected chi connectivity index (χ1v) is 11.3. The highest BCUT2D eigenvalue weighted by Crippen LogP contribution is 2.64. The molecule has 4 aliphatic carbocycles. The number of hydrogen-bond donors (Lipinski definition) is 0. The molecule has 0 saturated heterocycles. The Bertz CT molecular complexity index is 520. The summed E-state index contributed by atoms with van der Waals surface area (Å²) < 4.78 is 22.9. The smallest absolute Gasteiger partial charge is 0.456 e. The largest absolute Gasteiger partial charge is 0.500 e. The van der Waals surface area contributed by atoms with Crippen LogP contribution in [0.5, 0.6) is 0 Å². The molecule has 0 amide bonds. The summed E-state index contributed by atoms with van der Waals surface area (Å²) in [4.78, 5) is 12.2. The zero-order valence-corrected chi connectivity index (χ0v) is 17.1. The Hall–Kier alpha value is -0.693. The number of esters is 1. The third kappa shape index (κ3) is 3.59. The number of hydrogen-bond acceptors (Lipinski definition) is 5. The fraction of sp³-hybridized carbons (Fsp3) is 0.842. The van der Waals surface area contributed by atoms with E-state index in [9.17, 15) is 4.79 Å². The molecule has 0 aromatic carbocycles. The van der Waals surface area contributed by atoms with Gasteiger partial charge in [0.2, 0.25) is 0 Å². The lowest BCUT2D eigenvalue weighted by Gasteiger charge is -2.61. The fourth-order valence-electron chi connectivity index (χ4n) is 6.03. The molecular weight excluding hydrogens is 336 g/mol. The van der Waals surface area contributed by atoms with Gasteiger partial charge in [-0.3, -0.25) is 0 Å². The fourth-order valence-corrected chi connectivity index (χ4v) is 7.98. The zero-order valence-electron chi connectivity index (χ0n) is 16.1. The third-order valence-corrected chi connectivity index (χ3v) is 9.41. The first-order chi connectivity index (χ1) is 11.8. The topological polar surface area (TPSA) is 54.0 Å². The van der Waals surface area contributed by atoms with Crippen LogP contribution in [-0.4, -0.2) is 41.7 Å². The lowest BCUT2D eigenvalue weighted by atomic mass is 9.47. The van der Waals surface area contributed by atoms with Crippen LogP contribution in [0.1, 0.15) is 51.9 Å². The van der Waals surface area contributed by atoms with Gasteiger partial charge in [0.05, 0.1) is 0 Å². The van der Waals surface area contributed by atoms with E-state index in [1.807, 2.05) is 0 Å². The Morgan fingerprint density at radius 1 is 1.08 bits per heavy atom. The summed E-state index contributed by atoms with van der Waals surface area (Å²) in [5.74, 6) is 1.11. The molecule has 142 valence electrons. The molecule has 0 heterocycles. The van der Waals surface area contributed by atoms with Gasteiger partial charge in [0.15, 0.2) is 0 Å². The number of carbonyl (C=O) groups excluding carboxylic acids is 1. The molecule has 0 N–H and O–H groups in total. The molecule has 0 radical (unpaired) electrons. The molecule has 0 aliphatic heterocycles. The second-order valence-electron chi connectivity index (χ2n) is 8.61. The van der Waals surface area contributed by atoms with Crippen LogP contribution in [0.15, 0.2) is 12.2 Å². The van der Waals surface area contributed by atoms with E-state index in [1.165, 1.54) is 19.3 Å². The summed E-state index contributed by atoms with van der Waals surface area (Å²) in [6, 6.07) is 0.820. The van der Waals surface area contributed by atoms with E-state index >= 15 is 0 Å². The van der Waals surface area contributed by atoms with Gasteiger partial charge in [-0.2, -0.15) is 0 Å². The van der Waals surface area contributed by atoms with Crippen LogP contribution in [0.4, 0.5) is 0 Å². The standard InChI is InChI=1S/C19H32O5Si/c1-14(2)17(20)24-19-11-15-8-16(12-19)10-18(9-15,13-19)6-7-25(21-3,22-4)23-5/h15-16H,1,6-13H2,2-5H3. The molecular formula is C19H32O5Si. The predicted octanol–water partition coefficient (Wildman–Crippen LogP) is 3.71. The Morgan fingerprint density at radius 2 is 1.64 bits per heavy atom. The summed E-state index contributed by atoms with van der Waals surface area (Å²) in [6.45, 7) is 5.48. The van der Waals surface area contributed by atoms with E-state index in [0.29, 0.717) is 17.4 Å². The van der Waals surface area contributed by atoms with E-state index in [4.69, 9.17) is 18.0 Å². The molecule has 4 saturated carbocycles. The molecule has 0 spiro atoms. The zero-order chi connectivity index (χ0) is 18.3. The minimum atomic E-state index is -2.57. The van der Waals surface area contributed by atoms with Crippen LogP contribution in [0.2, 0.25) is 6.04 Å². The van der Waals surface area contributed by atoms with Crippen molar-refractivity contribution < 1.29 is 22.8 Å². The molecule has 4 fully saturated rings. The van der Waals surface area contributed by atoms with Crippen LogP contribution in [0.25, 0.3) is 0 Å². The van der Waals surface area contributed by atoms with E-state index < -0.39 is 8.80 Å². The van der Waals surface area contributed by atoms with Crippen molar-refractivity contribution >= 4 is 14.8 Å². The van der Waals surface area contributed by atoms with Crippen LogP contribution < -0.4 is 0 Å². The summed E-state index contributed by atoms with van der Waals surface area (Å²) in [7, 11) is 2.46. The average molecular weight is 369 g/mol. The van der Waals surface area contributed by atoms with Crippen LogP contribution in [0.3, 0.4) is 0 Å². The Balaban J connectivity index is 1.76. The van der Waals surface area contributed by atoms with Crippen molar-refractivity contribution in [2.24, 2.45) is 17.3 Å². The number of rotatable bonds is 8. The summed E-state index contributed by atoms with van der Waals surface area (Å²) in [5, 5.41) is 0. The minimum Gasteiger partial charge on any atom is -0.456 e. The van der Waals surface area contributed by atoms with Crippen molar-refractivity contribution in [1.82, 2.24) is 0 Å².